The molecule has 148 valence electrons. The van der Waals surface area contributed by atoms with E-state index in [-0.39, 0.29) is 41.8 Å². The highest BCUT2D eigenvalue weighted by Gasteiger charge is 2.63. The molecule has 2 saturated heterocycles. The van der Waals surface area contributed by atoms with Gasteiger partial charge in [0.1, 0.15) is 18.3 Å². The van der Waals surface area contributed by atoms with Crippen LogP contribution in [0.15, 0.2) is 16.4 Å². The van der Waals surface area contributed by atoms with Gasteiger partial charge in [-0.1, -0.05) is 11.8 Å². The van der Waals surface area contributed by atoms with Crippen LogP contribution in [0, 0.1) is 5.92 Å². The van der Waals surface area contributed by atoms with Crippen molar-refractivity contribution in [2.75, 3.05) is 12.3 Å². The molecule has 2 fully saturated rings. The van der Waals surface area contributed by atoms with Crippen molar-refractivity contribution in [2.24, 2.45) is 11.7 Å². The first-order valence-electron chi connectivity index (χ1n) is 8.52. The lowest BCUT2D eigenvalue weighted by atomic mass is 9.79. The highest BCUT2D eigenvalue weighted by atomic mass is 32.2. The van der Waals surface area contributed by atoms with Gasteiger partial charge in [0.2, 0.25) is 17.0 Å². The number of carboxylic acid groups (broad SMARTS) is 1. The van der Waals surface area contributed by atoms with Gasteiger partial charge in [-0.3, -0.25) is 19.3 Å². The summed E-state index contributed by atoms with van der Waals surface area (Å²) in [7, 11) is 0. The number of amides is 3. The Labute approximate surface area is 162 Å². The van der Waals surface area contributed by atoms with Gasteiger partial charge in [-0.05, 0) is 22.4 Å². The number of primary amides is 1. The molecule has 3 atom stereocenters. The fourth-order valence-corrected chi connectivity index (χ4v) is 5.09. The number of carbonyl (C=O) groups excluding carboxylic acids is 3. The number of nitrogens with zero attached hydrogens (tertiary/aromatic N) is 6. The van der Waals surface area contributed by atoms with Crippen molar-refractivity contribution in [3.05, 3.63) is 11.3 Å². The largest absolute Gasteiger partial charge is 0.477 e. The third-order valence-corrected chi connectivity index (χ3v) is 6.28. The maximum atomic E-state index is 12.6. The van der Waals surface area contributed by atoms with Crippen molar-refractivity contribution >= 4 is 35.5 Å². The number of β-lactam (4-membered cyclic amide) rings is 1. The average Bonchev–Trinajstić information content (AvgIpc) is 3.20. The lowest BCUT2D eigenvalue weighted by Crippen LogP contribution is -2.69. The molecule has 1 aromatic rings. The van der Waals surface area contributed by atoms with Gasteiger partial charge < -0.3 is 15.7 Å². The van der Waals surface area contributed by atoms with Gasteiger partial charge >= 0.3 is 5.97 Å². The van der Waals surface area contributed by atoms with E-state index >= 15 is 0 Å². The van der Waals surface area contributed by atoms with Crippen LogP contribution >= 0.6 is 11.8 Å². The van der Waals surface area contributed by atoms with Crippen LogP contribution < -0.4 is 5.73 Å². The van der Waals surface area contributed by atoms with Crippen molar-refractivity contribution in [1.29, 1.82) is 0 Å². The van der Waals surface area contributed by atoms with Crippen LogP contribution in [0.4, 0.5) is 0 Å². The minimum Gasteiger partial charge on any atom is -0.477 e. The average molecular weight is 407 g/mol. The van der Waals surface area contributed by atoms with Crippen molar-refractivity contribution in [2.45, 2.75) is 37.1 Å². The summed E-state index contributed by atoms with van der Waals surface area (Å²) in [4.78, 5) is 50.2. The fourth-order valence-electron chi connectivity index (χ4n) is 4.19. The van der Waals surface area contributed by atoms with Crippen molar-refractivity contribution < 1.29 is 24.3 Å². The second kappa shape index (κ2) is 6.58. The Kier molecular flexibility index (Phi) is 4.33. The molecule has 0 aromatic carbocycles. The number of tetrazole rings is 1. The number of thioether (sulfide) groups is 1. The van der Waals surface area contributed by atoms with E-state index in [4.69, 9.17) is 5.73 Å². The molecule has 1 aromatic heterocycles. The molecule has 0 saturated carbocycles. The van der Waals surface area contributed by atoms with Gasteiger partial charge in [0.15, 0.2) is 0 Å². The molecule has 0 aliphatic carbocycles. The monoisotopic (exact) mass is 407 g/mol. The topological polar surface area (TPSA) is 165 Å². The molecule has 3 aliphatic heterocycles. The summed E-state index contributed by atoms with van der Waals surface area (Å²) in [6.45, 7) is 1.65. The van der Waals surface area contributed by atoms with Crippen LogP contribution in [-0.4, -0.2) is 83.2 Å². The number of carboxylic acids is 1. The number of likely N-dealkylation sites (tertiary alicyclic amines) is 1. The number of aromatic nitrogens is 4. The zero-order chi connectivity index (χ0) is 20.2. The van der Waals surface area contributed by atoms with E-state index in [0.29, 0.717) is 23.7 Å². The van der Waals surface area contributed by atoms with Crippen LogP contribution in [0.2, 0.25) is 0 Å². The lowest BCUT2D eigenvalue weighted by Gasteiger charge is -2.49. The van der Waals surface area contributed by atoms with Crippen molar-refractivity contribution in [1.82, 2.24) is 30.0 Å². The minimum absolute atomic E-state index is 0.00749. The van der Waals surface area contributed by atoms with Crippen LogP contribution in [0.3, 0.4) is 0 Å². The quantitative estimate of drug-likeness (QED) is 0.403. The van der Waals surface area contributed by atoms with Gasteiger partial charge in [-0.15, -0.1) is 5.10 Å². The van der Waals surface area contributed by atoms with E-state index in [0.717, 1.165) is 11.8 Å². The summed E-state index contributed by atoms with van der Waals surface area (Å²) in [5, 5.41) is 21.0. The van der Waals surface area contributed by atoms with Gasteiger partial charge in [-0.2, -0.15) is 0 Å². The first-order valence-corrected chi connectivity index (χ1v) is 9.51. The summed E-state index contributed by atoms with van der Waals surface area (Å²) in [5.41, 5.74) is 5.70. The summed E-state index contributed by atoms with van der Waals surface area (Å²) >= 11 is 1.16. The van der Waals surface area contributed by atoms with Gasteiger partial charge in [0.05, 0.1) is 6.04 Å². The van der Waals surface area contributed by atoms with E-state index in [1.54, 1.807) is 0 Å². The Morgan fingerprint density at radius 1 is 1.36 bits per heavy atom. The Bertz CT molecular complexity index is 928. The summed E-state index contributed by atoms with van der Waals surface area (Å²) < 4.78 is 1.23. The maximum Gasteiger partial charge on any atom is 0.352 e. The Morgan fingerprint density at radius 3 is 2.75 bits per heavy atom. The molecular formula is C15H17N7O5S. The van der Waals surface area contributed by atoms with Crippen LogP contribution in [-0.2, 0) is 25.7 Å². The third-order valence-electron chi connectivity index (χ3n) is 5.23. The Morgan fingerprint density at radius 2 is 2.11 bits per heavy atom. The molecule has 0 unspecified atom stereocenters. The van der Waals surface area contributed by atoms with Crippen LogP contribution in [0.5, 0.6) is 0 Å². The molecule has 3 aliphatic rings. The molecule has 0 spiro atoms. The smallest absolute Gasteiger partial charge is 0.352 e. The van der Waals surface area contributed by atoms with E-state index in [1.165, 1.54) is 21.4 Å². The normalized spacial score (nSPS) is 25.6. The Hall–Kier alpha value is -2.96. The van der Waals surface area contributed by atoms with E-state index in [9.17, 15) is 24.3 Å². The molecule has 28 heavy (non-hydrogen) atoms. The Balaban J connectivity index is 1.58. The maximum absolute atomic E-state index is 12.6. The first-order chi connectivity index (χ1) is 13.3. The van der Waals surface area contributed by atoms with E-state index in [2.05, 4.69) is 15.5 Å². The molecule has 3 N–H and O–H groups in total. The molecule has 4 heterocycles. The molecule has 4 rings (SSSR count). The second-order valence-electron chi connectivity index (χ2n) is 6.91. The number of nitrogens with two attached hydrogens (primary N) is 1. The van der Waals surface area contributed by atoms with Gasteiger partial charge in [-0.25, -0.2) is 9.48 Å². The van der Waals surface area contributed by atoms with Crippen molar-refractivity contribution in [3.8, 4) is 0 Å². The highest BCUT2D eigenvalue weighted by molar-refractivity contribution is 7.99. The summed E-state index contributed by atoms with van der Waals surface area (Å²) in [5.74, 6) is -2.11. The lowest BCUT2D eigenvalue weighted by molar-refractivity contribution is -0.159. The first kappa shape index (κ1) is 18.4. The van der Waals surface area contributed by atoms with Gasteiger partial charge in [0.25, 0.3) is 5.91 Å². The van der Waals surface area contributed by atoms with Crippen molar-refractivity contribution in [3.63, 3.8) is 0 Å². The van der Waals surface area contributed by atoms with Crippen LogP contribution in [0.1, 0.15) is 13.3 Å². The number of aliphatic carboxylic acids is 1. The van der Waals surface area contributed by atoms with E-state index in [1.807, 2.05) is 0 Å². The predicted octanol–water partition coefficient (Wildman–Crippen LogP) is -1.95. The highest BCUT2D eigenvalue weighted by Crippen LogP contribution is 2.47. The zero-order valence-electron chi connectivity index (χ0n) is 14.8. The molecule has 12 nitrogen and oxygen atoms in total. The zero-order valence-corrected chi connectivity index (χ0v) is 15.6. The van der Waals surface area contributed by atoms with Crippen LogP contribution in [0.25, 0.3) is 0 Å². The van der Waals surface area contributed by atoms with Gasteiger partial charge in [0, 0.05) is 25.1 Å². The predicted molar refractivity (Wildman–Crippen MR) is 92.3 cm³/mol. The fraction of sp³-hybridized carbons (Fsp3) is 0.533. The standard InChI is InChI=1S/C15H17N7O5S/c1-6(23)20-3-7-2-8(5-28-15-17-18-19-21(15)4-9(16)24)11(14(26)27)22-10(7)12(20)13(22)25/h7,10,12H,2-5H2,1H3,(H2,16,24)(H,26,27)/t7-,10-,12+/m1/s1. The number of rotatable bonds is 6. The molecule has 0 bridgehead atoms. The third kappa shape index (κ3) is 2.73. The second-order valence-corrected chi connectivity index (χ2v) is 7.85. The minimum atomic E-state index is -1.18. The number of hydrogen-bond donors (Lipinski definition) is 2. The molecular weight excluding hydrogens is 390 g/mol. The SMILES string of the molecule is CC(=O)N1C[C@H]2CC(CSc3nnnn3CC(N)=O)=C(C(=O)O)N3C(=O)[C@@H]1[C@@H]23. The molecule has 0 radical (unpaired) electrons. The summed E-state index contributed by atoms with van der Waals surface area (Å²) in [6, 6.07) is -0.842. The summed E-state index contributed by atoms with van der Waals surface area (Å²) in [6.07, 6.45) is 0.459. The molecule has 13 heteroatoms. The number of carbonyl (C=O) groups is 4. The molecule has 3 amide bonds. The van der Waals surface area contributed by atoms with E-state index < -0.39 is 17.9 Å². The number of hydrogen-bond acceptors (Lipinski definition) is 8.